The van der Waals surface area contributed by atoms with Gasteiger partial charge < -0.3 is 4.90 Å². The van der Waals surface area contributed by atoms with Gasteiger partial charge in [0.05, 0.1) is 22.2 Å². The Hall–Kier alpha value is -2.35. The predicted molar refractivity (Wildman–Crippen MR) is 103 cm³/mol. The molecule has 0 saturated carbocycles. The fourth-order valence-corrected chi connectivity index (χ4v) is 5.57. The maximum absolute atomic E-state index is 13.4. The van der Waals surface area contributed by atoms with Crippen molar-refractivity contribution in [2.24, 2.45) is 0 Å². The Labute approximate surface area is 176 Å². The van der Waals surface area contributed by atoms with Crippen molar-refractivity contribution < 1.29 is 26.0 Å². The van der Waals surface area contributed by atoms with E-state index in [0.29, 0.717) is 6.07 Å². The van der Waals surface area contributed by atoms with Crippen LogP contribution >= 0.6 is 11.6 Å². The summed E-state index contributed by atoms with van der Waals surface area (Å²) < 4.78 is 80.6. The number of sulfonamides is 1. The normalized spacial score (nSPS) is 18.3. The number of hydrogen-bond acceptors (Lipinski definition) is 4. The number of piperazine rings is 1. The highest BCUT2D eigenvalue weighted by molar-refractivity contribution is 7.89. The average Bonchev–Trinajstić information content (AvgIpc) is 2.66. The zero-order valence-electron chi connectivity index (χ0n) is 15.6. The van der Waals surface area contributed by atoms with Gasteiger partial charge >= 0.3 is 6.18 Å². The molecule has 11 heteroatoms. The van der Waals surface area contributed by atoms with Crippen LogP contribution in [0.15, 0.2) is 41.3 Å². The van der Waals surface area contributed by atoms with E-state index in [0.717, 1.165) is 16.4 Å². The minimum Gasteiger partial charge on any atom is -0.368 e. The van der Waals surface area contributed by atoms with E-state index in [4.69, 9.17) is 16.9 Å². The first kappa shape index (κ1) is 22.3. The standard InChI is InChI=1S/C19H16ClF4N3O2S/c1-12-11-26(17-4-3-14(21)9-15(17)19(22,23)24)6-7-27(12)30(28,29)18-5-2-13(10-25)8-16(18)20/h2-5,8-9,12H,6-7,11H2,1H3. The SMILES string of the molecule is CC1CN(c2ccc(F)cc2C(F)(F)F)CCN1S(=O)(=O)c1ccc(C#N)cc1Cl. The smallest absolute Gasteiger partial charge is 0.368 e. The Morgan fingerprint density at radius 3 is 2.43 bits per heavy atom. The third-order valence-electron chi connectivity index (χ3n) is 4.82. The summed E-state index contributed by atoms with van der Waals surface area (Å²) in [5.41, 5.74) is -1.11. The van der Waals surface area contributed by atoms with Crippen LogP contribution in [0.5, 0.6) is 0 Å². The van der Waals surface area contributed by atoms with Crippen LogP contribution in [0.2, 0.25) is 5.02 Å². The maximum atomic E-state index is 13.4. The molecule has 1 unspecified atom stereocenters. The van der Waals surface area contributed by atoms with Crippen LogP contribution in [0.3, 0.4) is 0 Å². The monoisotopic (exact) mass is 461 g/mol. The molecule has 1 aliphatic heterocycles. The number of rotatable bonds is 3. The lowest BCUT2D eigenvalue weighted by Crippen LogP contribution is -2.54. The summed E-state index contributed by atoms with van der Waals surface area (Å²) in [6.45, 7) is 1.43. The van der Waals surface area contributed by atoms with Crippen molar-refractivity contribution in [3.05, 3.63) is 58.4 Å². The summed E-state index contributed by atoms with van der Waals surface area (Å²) in [7, 11) is -4.03. The Morgan fingerprint density at radius 2 is 1.87 bits per heavy atom. The summed E-state index contributed by atoms with van der Waals surface area (Å²) in [6, 6.07) is 7.40. The second kappa shape index (κ2) is 8.06. The van der Waals surface area contributed by atoms with Crippen molar-refractivity contribution in [1.82, 2.24) is 4.31 Å². The van der Waals surface area contributed by atoms with E-state index >= 15 is 0 Å². The van der Waals surface area contributed by atoms with Crippen LogP contribution in [0, 0.1) is 17.1 Å². The molecule has 0 aromatic heterocycles. The Morgan fingerprint density at radius 1 is 1.17 bits per heavy atom. The van der Waals surface area contributed by atoms with Crippen LogP contribution < -0.4 is 4.90 Å². The Kier molecular flexibility index (Phi) is 6.00. The van der Waals surface area contributed by atoms with Crippen molar-refractivity contribution in [1.29, 1.82) is 5.26 Å². The van der Waals surface area contributed by atoms with Gasteiger partial charge in [0, 0.05) is 31.4 Å². The average molecular weight is 462 g/mol. The van der Waals surface area contributed by atoms with Gasteiger partial charge in [-0.3, -0.25) is 0 Å². The van der Waals surface area contributed by atoms with E-state index in [1.54, 1.807) is 6.92 Å². The molecule has 30 heavy (non-hydrogen) atoms. The van der Waals surface area contributed by atoms with E-state index in [1.165, 1.54) is 23.1 Å². The number of halogens is 5. The van der Waals surface area contributed by atoms with Gasteiger partial charge in [0.25, 0.3) is 0 Å². The highest BCUT2D eigenvalue weighted by Gasteiger charge is 2.39. The number of alkyl halides is 3. The Balaban J connectivity index is 1.89. The van der Waals surface area contributed by atoms with Crippen LogP contribution in [-0.2, 0) is 16.2 Å². The molecular weight excluding hydrogens is 446 g/mol. The van der Waals surface area contributed by atoms with Crippen LogP contribution in [0.1, 0.15) is 18.1 Å². The van der Waals surface area contributed by atoms with Crippen molar-refractivity contribution in [2.45, 2.75) is 24.0 Å². The molecule has 0 aliphatic carbocycles. The van der Waals surface area contributed by atoms with Gasteiger partial charge in [-0.05, 0) is 43.3 Å². The number of hydrogen-bond donors (Lipinski definition) is 0. The second-order valence-corrected chi connectivity index (χ2v) is 9.09. The second-order valence-electron chi connectivity index (χ2n) is 6.83. The van der Waals surface area contributed by atoms with Gasteiger partial charge in [-0.1, -0.05) is 11.6 Å². The molecule has 0 N–H and O–H groups in total. The fraction of sp³-hybridized carbons (Fsp3) is 0.316. The first-order valence-corrected chi connectivity index (χ1v) is 10.6. The molecule has 2 aromatic carbocycles. The van der Waals surface area contributed by atoms with Gasteiger partial charge in [0.15, 0.2) is 0 Å². The summed E-state index contributed by atoms with van der Waals surface area (Å²) in [4.78, 5) is 1.21. The van der Waals surface area contributed by atoms with Crippen LogP contribution in [0.25, 0.3) is 0 Å². The van der Waals surface area contributed by atoms with E-state index in [9.17, 15) is 26.0 Å². The fourth-order valence-electron chi connectivity index (χ4n) is 3.43. The highest BCUT2D eigenvalue weighted by atomic mass is 35.5. The van der Waals surface area contributed by atoms with E-state index < -0.39 is 33.6 Å². The molecular formula is C19H16ClF4N3O2S. The van der Waals surface area contributed by atoms with Gasteiger partial charge in [-0.25, -0.2) is 12.8 Å². The van der Waals surface area contributed by atoms with Crippen molar-refractivity contribution in [3.63, 3.8) is 0 Å². The lowest BCUT2D eigenvalue weighted by atomic mass is 10.1. The van der Waals surface area contributed by atoms with E-state index in [-0.39, 0.29) is 40.8 Å². The molecule has 1 heterocycles. The molecule has 0 radical (unpaired) electrons. The highest BCUT2D eigenvalue weighted by Crippen LogP contribution is 2.38. The molecule has 1 saturated heterocycles. The molecule has 0 amide bonds. The zero-order valence-corrected chi connectivity index (χ0v) is 17.2. The third kappa shape index (κ3) is 4.24. The van der Waals surface area contributed by atoms with Gasteiger partial charge in [0.2, 0.25) is 10.0 Å². The van der Waals surface area contributed by atoms with Crippen LogP contribution in [0.4, 0.5) is 23.2 Å². The third-order valence-corrected chi connectivity index (χ3v) is 7.32. The minimum atomic E-state index is -4.75. The predicted octanol–water partition coefficient (Wildman–Crippen LogP) is 4.27. The van der Waals surface area contributed by atoms with Crippen molar-refractivity contribution in [3.8, 4) is 6.07 Å². The zero-order chi connectivity index (χ0) is 22.3. The minimum absolute atomic E-state index is 0.0216. The Bertz CT molecular complexity index is 1120. The molecule has 3 rings (SSSR count). The van der Waals surface area contributed by atoms with Crippen LogP contribution in [-0.4, -0.2) is 38.4 Å². The number of nitrogens with zero attached hydrogens (tertiary/aromatic N) is 3. The quantitative estimate of drug-likeness (QED) is 0.640. The van der Waals surface area contributed by atoms with E-state index in [2.05, 4.69) is 0 Å². The lowest BCUT2D eigenvalue weighted by Gasteiger charge is -2.40. The summed E-state index contributed by atoms with van der Waals surface area (Å²) in [5, 5.41) is 8.79. The summed E-state index contributed by atoms with van der Waals surface area (Å²) >= 11 is 6.04. The number of anilines is 1. The van der Waals surface area contributed by atoms with Gasteiger partial charge in [-0.2, -0.15) is 22.7 Å². The van der Waals surface area contributed by atoms with E-state index in [1.807, 2.05) is 6.07 Å². The largest absolute Gasteiger partial charge is 0.418 e. The molecule has 0 spiro atoms. The van der Waals surface area contributed by atoms with Crippen molar-refractivity contribution >= 4 is 27.3 Å². The number of benzene rings is 2. The molecule has 1 aliphatic rings. The molecule has 5 nitrogen and oxygen atoms in total. The summed E-state index contributed by atoms with van der Waals surface area (Å²) in [5.74, 6) is -1.00. The maximum Gasteiger partial charge on any atom is 0.418 e. The molecule has 160 valence electrons. The molecule has 0 bridgehead atoms. The molecule has 1 fully saturated rings. The van der Waals surface area contributed by atoms with Gasteiger partial charge in [0.1, 0.15) is 10.7 Å². The topological polar surface area (TPSA) is 64.4 Å². The first-order valence-electron chi connectivity index (χ1n) is 8.78. The first-order chi connectivity index (χ1) is 13.9. The molecule has 2 aromatic rings. The lowest BCUT2D eigenvalue weighted by molar-refractivity contribution is -0.137. The number of nitriles is 1. The summed E-state index contributed by atoms with van der Waals surface area (Å²) in [6.07, 6.45) is -4.75. The molecule has 1 atom stereocenters. The van der Waals surface area contributed by atoms with Crippen molar-refractivity contribution in [2.75, 3.05) is 24.5 Å². The van der Waals surface area contributed by atoms with Gasteiger partial charge in [-0.15, -0.1) is 0 Å².